The second-order valence-corrected chi connectivity index (χ2v) is 5.89. The number of carbonyl (C=O) groups excluding carboxylic acids is 2. The first kappa shape index (κ1) is 15.3. The van der Waals surface area contributed by atoms with Crippen molar-refractivity contribution in [1.29, 1.82) is 0 Å². The minimum atomic E-state index is -0.670. The Labute approximate surface area is 124 Å². The molecule has 1 fully saturated rings. The van der Waals surface area contributed by atoms with E-state index in [-0.39, 0.29) is 24.8 Å². The molecule has 0 radical (unpaired) electrons. The molecule has 2 amide bonds. The predicted molar refractivity (Wildman–Crippen MR) is 80.7 cm³/mol. The van der Waals surface area contributed by atoms with Crippen LogP contribution in [0.15, 0.2) is 18.2 Å². The highest BCUT2D eigenvalue weighted by molar-refractivity contribution is 6.22. The molecule has 1 saturated heterocycles. The maximum absolute atomic E-state index is 12.4. The molecule has 0 bridgehead atoms. The molecule has 1 aromatic rings. The van der Waals surface area contributed by atoms with Gasteiger partial charge >= 0.3 is 0 Å². The smallest absolute Gasteiger partial charge is 0.239 e. The number of imide groups is 1. The number of carbonyl (C=O) groups is 2. The predicted octanol–water partition coefficient (Wildman–Crippen LogP) is 2.02. The summed E-state index contributed by atoms with van der Waals surface area (Å²) in [5, 5.41) is 8.80. The summed E-state index contributed by atoms with van der Waals surface area (Å²) in [5.41, 5.74) is 1.47. The van der Waals surface area contributed by atoms with Gasteiger partial charge < -0.3 is 5.11 Å². The molecule has 110 valence electrons. The van der Waals surface area contributed by atoms with E-state index in [0.717, 1.165) is 5.56 Å². The number of aryl methyl sites for hydroxylation is 1. The third kappa shape index (κ3) is 2.98. The Morgan fingerprint density at radius 1 is 1.33 bits per heavy atom. The normalized spacial score (nSPS) is 16.9. The topological polar surface area (TPSA) is 57.6 Å². The van der Waals surface area contributed by atoms with E-state index < -0.39 is 5.41 Å². The standard InChI is InChI=1S/C17H19NO3/c1-12-7-8-13(6-4-5-9-19)14(10-12)18-15(20)11-17(2,3)16(18)21/h7-8,10,19H,5,9,11H2,1-3H3. The number of rotatable bonds is 2. The van der Waals surface area contributed by atoms with Gasteiger partial charge in [-0.25, -0.2) is 4.90 Å². The fraction of sp³-hybridized carbons (Fsp3) is 0.412. The molecular formula is C17H19NO3. The van der Waals surface area contributed by atoms with Crippen LogP contribution in [-0.4, -0.2) is 23.5 Å². The molecule has 0 atom stereocenters. The van der Waals surface area contributed by atoms with Crippen LogP contribution < -0.4 is 4.90 Å². The van der Waals surface area contributed by atoms with Crippen molar-refractivity contribution in [3.63, 3.8) is 0 Å². The fourth-order valence-electron chi connectivity index (χ4n) is 2.34. The van der Waals surface area contributed by atoms with Crippen molar-refractivity contribution in [2.45, 2.75) is 33.6 Å². The summed E-state index contributed by atoms with van der Waals surface area (Å²) >= 11 is 0. The SMILES string of the molecule is Cc1ccc(C#CCCO)c(N2C(=O)CC(C)(C)C2=O)c1. The highest BCUT2D eigenvalue weighted by Gasteiger charge is 2.46. The Morgan fingerprint density at radius 3 is 2.62 bits per heavy atom. The van der Waals surface area contributed by atoms with Crippen molar-refractivity contribution in [3.05, 3.63) is 29.3 Å². The lowest BCUT2D eigenvalue weighted by atomic mass is 9.92. The van der Waals surface area contributed by atoms with Gasteiger partial charge in [0.05, 0.1) is 17.7 Å². The van der Waals surface area contributed by atoms with Crippen LogP contribution in [0.3, 0.4) is 0 Å². The van der Waals surface area contributed by atoms with E-state index in [4.69, 9.17) is 5.11 Å². The zero-order valence-electron chi connectivity index (χ0n) is 12.6. The van der Waals surface area contributed by atoms with Gasteiger partial charge in [0.1, 0.15) is 0 Å². The highest BCUT2D eigenvalue weighted by atomic mass is 16.2. The van der Waals surface area contributed by atoms with Crippen molar-refractivity contribution in [3.8, 4) is 11.8 Å². The summed E-state index contributed by atoms with van der Waals surface area (Å²) in [4.78, 5) is 25.9. The second-order valence-electron chi connectivity index (χ2n) is 5.89. The number of anilines is 1. The van der Waals surface area contributed by atoms with Gasteiger partial charge in [-0.3, -0.25) is 9.59 Å². The molecule has 1 N–H and O–H groups in total. The van der Waals surface area contributed by atoms with E-state index in [9.17, 15) is 9.59 Å². The first-order chi connectivity index (χ1) is 9.86. The minimum Gasteiger partial charge on any atom is -0.395 e. The summed E-state index contributed by atoms with van der Waals surface area (Å²) in [6, 6.07) is 5.50. The van der Waals surface area contributed by atoms with Crippen LogP contribution >= 0.6 is 0 Å². The Balaban J connectivity index is 2.49. The average molecular weight is 285 g/mol. The molecule has 21 heavy (non-hydrogen) atoms. The van der Waals surface area contributed by atoms with Gasteiger partial charge in [-0.15, -0.1) is 0 Å². The van der Waals surface area contributed by atoms with E-state index in [1.165, 1.54) is 4.90 Å². The molecule has 2 rings (SSSR count). The van der Waals surface area contributed by atoms with Gasteiger partial charge in [0.2, 0.25) is 11.8 Å². The lowest BCUT2D eigenvalue weighted by molar-refractivity contribution is -0.124. The van der Waals surface area contributed by atoms with Crippen LogP contribution in [0.5, 0.6) is 0 Å². The molecule has 1 aliphatic heterocycles. The molecule has 0 aliphatic carbocycles. The zero-order valence-corrected chi connectivity index (χ0v) is 12.6. The molecule has 0 aromatic heterocycles. The largest absolute Gasteiger partial charge is 0.395 e. The van der Waals surface area contributed by atoms with Crippen molar-refractivity contribution in [1.82, 2.24) is 0 Å². The number of aliphatic hydroxyl groups excluding tert-OH is 1. The average Bonchev–Trinajstić information content (AvgIpc) is 2.60. The van der Waals surface area contributed by atoms with Gasteiger partial charge in [-0.2, -0.15) is 0 Å². The molecule has 0 unspecified atom stereocenters. The number of benzene rings is 1. The van der Waals surface area contributed by atoms with Crippen LogP contribution in [0.1, 0.15) is 37.8 Å². The summed E-state index contributed by atoms with van der Waals surface area (Å²) in [6.45, 7) is 5.45. The molecule has 1 aromatic carbocycles. The number of nitrogens with zero attached hydrogens (tertiary/aromatic N) is 1. The fourth-order valence-corrected chi connectivity index (χ4v) is 2.34. The van der Waals surface area contributed by atoms with Crippen LogP contribution in [0.2, 0.25) is 0 Å². The van der Waals surface area contributed by atoms with E-state index in [1.54, 1.807) is 26.0 Å². The Hall–Kier alpha value is -2.12. The van der Waals surface area contributed by atoms with Crippen LogP contribution in [0, 0.1) is 24.2 Å². The number of amides is 2. The summed E-state index contributed by atoms with van der Waals surface area (Å²) in [5.74, 6) is 5.38. The molecule has 1 aliphatic rings. The summed E-state index contributed by atoms with van der Waals surface area (Å²) in [6.07, 6.45) is 0.573. The lowest BCUT2D eigenvalue weighted by Crippen LogP contribution is -2.33. The van der Waals surface area contributed by atoms with E-state index in [1.807, 2.05) is 13.0 Å². The van der Waals surface area contributed by atoms with E-state index in [0.29, 0.717) is 17.7 Å². The Kier molecular flexibility index (Phi) is 4.15. The highest BCUT2D eigenvalue weighted by Crippen LogP contribution is 2.36. The van der Waals surface area contributed by atoms with Crippen molar-refractivity contribution < 1.29 is 14.7 Å². The summed E-state index contributed by atoms with van der Waals surface area (Å²) < 4.78 is 0. The van der Waals surface area contributed by atoms with Gasteiger partial charge in [-0.1, -0.05) is 31.8 Å². The summed E-state index contributed by atoms with van der Waals surface area (Å²) in [7, 11) is 0. The van der Waals surface area contributed by atoms with Crippen LogP contribution in [0.25, 0.3) is 0 Å². The first-order valence-corrected chi connectivity index (χ1v) is 6.94. The van der Waals surface area contributed by atoms with Crippen molar-refractivity contribution in [2.75, 3.05) is 11.5 Å². The van der Waals surface area contributed by atoms with E-state index in [2.05, 4.69) is 11.8 Å². The number of hydrogen-bond acceptors (Lipinski definition) is 3. The molecule has 0 saturated carbocycles. The van der Waals surface area contributed by atoms with Gasteiger partial charge in [0.15, 0.2) is 0 Å². The monoisotopic (exact) mass is 285 g/mol. The molecule has 4 heteroatoms. The first-order valence-electron chi connectivity index (χ1n) is 6.94. The Bertz CT molecular complexity index is 650. The maximum atomic E-state index is 12.4. The van der Waals surface area contributed by atoms with E-state index >= 15 is 0 Å². The van der Waals surface area contributed by atoms with Gasteiger partial charge in [0.25, 0.3) is 0 Å². The third-order valence-corrected chi connectivity index (χ3v) is 3.48. The quantitative estimate of drug-likeness (QED) is 0.668. The molecule has 1 heterocycles. The number of hydrogen-bond donors (Lipinski definition) is 1. The maximum Gasteiger partial charge on any atom is 0.239 e. The molecule has 4 nitrogen and oxygen atoms in total. The van der Waals surface area contributed by atoms with Gasteiger partial charge in [0, 0.05) is 18.4 Å². The van der Waals surface area contributed by atoms with Gasteiger partial charge in [-0.05, 0) is 24.6 Å². The van der Waals surface area contributed by atoms with Crippen LogP contribution in [0.4, 0.5) is 5.69 Å². The molecular weight excluding hydrogens is 266 g/mol. The molecule has 0 spiro atoms. The minimum absolute atomic E-state index is 0.0111. The van der Waals surface area contributed by atoms with Crippen molar-refractivity contribution >= 4 is 17.5 Å². The lowest BCUT2D eigenvalue weighted by Gasteiger charge is -2.19. The third-order valence-electron chi connectivity index (χ3n) is 3.48. The van der Waals surface area contributed by atoms with Crippen LogP contribution in [-0.2, 0) is 9.59 Å². The Morgan fingerprint density at radius 2 is 2.05 bits per heavy atom. The zero-order chi connectivity index (χ0) is 15.6. The van der Waals surface area contributed by atoms with Crippen molar-refractivity contribution in [2.24, 2.45) is 5.41 Å². The number of aliphatic hydroxyl groups is 1. The second kappa shape index (κ2) is 5.71.